The number of rotatable bonds is 4. The summed E-state index contributed by atoms with van der Waals surface area (Å²) in [5.41, 5.74) is 4.82. The smallest absolute Gasteiger partial charge is 0.277 e. The molecule has 4 rings (SSSR count). The fourth-order valence-corrected chi connectivity index (χ4v) is 3.74. The molecule has 0 amide bonds. The summed E-state index contributed by atoms with van der Waals surface area (Å²) in [5.74, 6) is 0.600. The van der Waals surface area contributed by atoms with Crippen molar-refractivity contribution in [1.29, 1.82) is 0 Å². The van der Waals surface area contributed by atoms with E-state index in [9.17, 15) is 4.39 Å². The highest BCUT2D eigenvalue weighted by molar-refractivity contribution is 7.98. The lowest BCUT2D eigenvalue weighted by Gasteiger charge is -2.08. The maximum Gasteiger partial charge on any atom is 0.277 e. The molecule has 4 nitrogen and oxygen atoms in total. The van der Waals surface area contributed by atoms with Gasteiger partial charge in [-0.15, -0.1) is 10.2 Å². The third-order valence-electron chi connectivity index (χ3n) is 4.39. The molecule has 0 aliphatic carbocycles. The number of aromatic nitrogens is 3. The first-order chi connectivity index (χ1) is 13.0. The second kappa shape index (κ2) is 7.29. The van der Waals surface area contributed by atoms with Crippen LogP contribution in [0.25, 0.3) is 22.4 Å². The van der Waals surface area contributed by atoms with Gasteiger partial charge in [0.05, 0.1) is 5.52 Å². The molecule has 0 aliphatic heterocycles. The van der Waals surface area contributed by atoms with Crippen molar-refractivity contribution in [1.82, 2.24) is 15.2 Å². The van der Waals surface area contributed by atoms with Crippen LogP contribution in [0.2, 0.25) is 5.15 Å². The van der Waals surface area contributed by atoms with Gasteiger partial charge < -0.3 is 4.42 Å². The Balaban J connectivity index is 1.54. The average Bonchev–Trinajstić information content (AvgIpc) is 3.13. The van der Waals surface area contributed by atoms with Crippen LogP contribution < -0.4 is 0 Å². The Morgan fingerprint density at radius 3 is 2.63 bits per heavy atom. The van der Waals surface area contributed by atoms with Crippen LogP contribution in [0.1, 0.15) is 16.7 Å². The first kappa shape index (κ1) is 17.9. The molecule has 0 spiro atoms. The first-order valence-electron chi connectivity index (χ1n) is 8.29. The molecule has 0 N–H and O–H groups in total. The van der Waals surface area contributed by atoms with E-state index < -0.39 is 0 Å². The predicted molar refractivity (Wildman–Crippen MR) is 105 cm³/mol. The van der Waals surface area contributed by atoms with E-state index in [4.69, 9.17) is 16.0 Å². The van der Waals surface area contributed by atoms with E-state index in [0.717, 1.165) is 22.0 Å². The second-order valence-electron chi connectivity index (χ2n) is 6.19. The van der Waals surface area contributed by atoms with E-state index in [-0.39, 0.29) is 5.82 Å². The molecule has 0 saturated heterocycles. The fraction of sp³-hybridized carbons (Fsp3) is 0.150. The van der Waals surface area contributed by atoms with Crippen LogP contribution in [0.4, 0.5) is 4.39 Å². The Morgan fingerprint density at radius 1 is 1.07 bits per heavy atom. The van der Waals surface area contributed by atoms with E-state index in [1.54, 1.807) is 12.1 Å². The molecule has 4 aromatic rings. The average molecular weight is 400 g/mol. The SMILES string of the molecule is Cc1ccc2cc(CSc3nnc(-c4ccc(F)cc4)o3)c(Cl)nc2c1C. The highest BCUT2D eigenvalue weighted by Crippen LogP contribution is 2.30. The summed E-state index contributed by atoms with van der Waals surface area (Å²) < 4.78 is 18.7. The minimum Gasteiger partial charge on any atom is -0.411 e. The maximum atomic E-state index is 13.0. The van der Waals surface area contributed by atoms with Crippen LogP contribution in [0.5, 0.6) is 0 Å². The van der Waals surface area contributed by atoms with E-state index in [1.165, 1.54) is 29.5 Å². The molecule has 0 saturated carbocycles. The van der Waals surface area contributed by atoms with Crippen molar-refractivity contribution in [3.8, 4) is 11.5 Å². The monoisotopic (exact) mass is 399 g/mol. The van der Waals surface area contributed by atoms with Crippen LogP contribution in [-0.2, 0) is 5.75 Å². The van der Waals surface area contributed by atoms with Crippen molar-refractivity contribution in [2.24, 2.45) is 0 Å². The molecule has 0 fully saturated rings. The van der Waals surface area contributed by atoms with E-state index in [2.05, 4.69) is 34.2 Å². The van der Waals surface area contributed by atoms with Crippen molar-refractivity contribution in [2.75, 3.05) is 0 Å². The summed E-state index contributed by atoms with van der Waals surface area (Å²) >= 11 is 7.77. The topological polar surface area (TPSA) is 51.8 Å². The lowest BCUT2D eigenvalue weighted by molar-refractivity contribution is 0.465. The summed E-state index contributed by atoms with van der Waals surface area (Å²) in [6, 6.07) is 12.1. The molecule has 2 aromatic carbocycles. The number of hydrogen-bond donors (Lipinski definition) is 0. The quantitative estimate of drug-likeness (QED) is 0.312. The number of aryl methyl sites for hydroxylation is 2. The van der Waals surface area contributed by atoms with E-state index >= 15 is 0 Å². The number of nitrogens with zero attached hydrogens (tertiary/aromatic N) is 3. The van der Waals surface area contributed by atoms with E-state index in [0.29, 0.717) is 27.6 Å². The predicted octanol–water partition coefficient (Wildman–Crippen LogP) is 5.99. The van der Waals surface area contributed by atoms with Gasteiger partial charge in [0.25, 0.3) is 5.22 Å². The van der Waals surface area contributed by atoms with Crippen LogP contribution in [0.3, 0.4) is 0 Å². The summed E-state index contributed by atoms with van der Waals surface area (Å²) in [4.78, 5) is 4.56. The third kappa shape index (κ3) is 3.68. The Labute approximate surface area is 164 Å². The summed E-state index contributed by atoms with van der Waals surface area (Å²) in [6.07, 6.45) is 0. The number of benzene rings is 2. The van der Waals surface area contributed by atoms with Gasteiger partial charge in [0.2, 0.25) is 5.89 Å². The Bertz CT molecular complexity index is 1130. The molecule has 0 radical (unpaired) electrons. The van der Waals surface area contributed by atoms with Crippen molar-refractivity contribution >= 4 is 34.3 Å². The zero-order valence-corrected chi connectivity index (χ0v) is 16.2. The maximum absolute atomic E-state index is 13.0. The molecule has 2 heterocycles. The van der Waals surface area contributed by atoms with Gasteiger partial charge in [0.15, 0.2) is 0 Å². The minimum absolute atomic E-state index is 0.309. The van der Waals surface area contributed by atoms with Crippen LogP contribution in [0.15, 0.2) is 52.1 Å². The van der Waals surface area contributed by atoms with Crippen molar-refractivity contribution < 1.29 is 8.81 Å². The molecule has 0 bridgehead atoms. The Kier molecular flexibility index (Phi) is 4.85. The molecule has 0 atom stereocenters. The van der Waals surface area contributed by atoms with Gasteiger partial charge in [0, 0.05) is 22.3 Å². The zero-order valence-electron chi connectivity index (χ0n) is 14.7. The largest absolute Gasteiger partial charge is 0.411 e. The lowest BCUT2D eigenvalue weighted by atomic mass is 10.0. The highest BCUT2D eigenvalue weighted by atomic mass is 35.5. The number of thioether (sulfide) groups is 1. The van der Waals surface area contributed by atoms with Gasteiger partial charge in [-0.2, -0.15) is 0 Å². The summed E-state index contributed by atoms with van der Waals surface area (Å²) in [6.45, 7) is 4.10. The fourth-order valence-electron chi connectivity index (χ4n) is 2.72. The van der Waals surface area contributed by atoms with Crippen LogP contribution in [-0.4, -0.2) is 15.2 Å². The molecule has 0 unspecified atom stereocenters. The van der Waals surface area contributed by atoms with Crippen molar-refractivity contribution in [2.45, 2.75) is 24.8 Å². The standard InChI is InChI=1S/C20H15ClFN3OS/c1-11-3-4-14-9-15(18(21)23-17(14)12(11)2)10-27-20-25-24-19(26-20)13-5-7-16(22)8-6-13/h3-9H,10H2,1-2H3. The lowest BCUT2D eigenvalue weighted by Crippen LogP contribution is -1.92. The molecule has 136 valence electrons. The molecular formula is C20H15ClFN3OS. The van der Waals surface area contributed by atoms with Gasteiger partial charge in [-0.05, 0) is 55.3 Å². The minimum atomic E-state index is -0.309. The summed E-state index contributed by atoms with van der Waals surface area (Å²) in [7, 11) is 0. The van der Waals surface area contributed by atoms with Gasteiger partial charge in [-0.25, -0.2) is 9.37 Å². The van der Waals surface area contributed by atoms with Crippen molar-refractivity contribution in [3.05, 3.63) is 70.1 Å². The van der Waals surface area contributed by atoms with Gasteiger partial charge in [0.1, 0.15) is 11.0 Å². The summed E-state index contributed by atoms with van der Waals surface area (Å²) in [5, 5.41) is 10.00. The number of hydrogen-bond acceptors (Lipinski definition) is 5. The van der Waals surface area contributed by atoms with Crippen LogP contribution >= 0.6 is 23.4 Å². The third-order valence-corrected chi connectivity index (χ3v) is 5.58. The first-order valence-corrected chi connectivity index (χ1v) is 9.65. The number of halogens is 2. The van der Waals surface area contributed by atoms with Gasteiger partial charge in [-0.3, -0.25) is 0 Å². The van der Waals surface area contributed by atoms with Crippen molar-refractivity contribution in [3.63, 3.8) is 0 Å². The molecule has 2 aromatic heterocycles. The number of fused-ring (bicyclic) bond motifs is 1. The molecular weight excluding hydrogens is 385 g/mol. The van der Waals surface area contributed by atoms with Crippen LogP contribution in [0, 0.1) is 19.7 Å². The van der Waals surface area contributed by atoms with Gasteiger partial charge >= 0.3 is 0 Å². The van der Waals surface area contributed by atoms with Gasteiger partial charge in [-0.1, -0.05) is 35.5 Å². The molecule has 27 heavy (non-hydrogen) atoms. The second-order valence-corrected chi connectivity index (χ2v) is 7.47. The zero-order chi connectivity index (χ0) is 19.0. The molecule has 0 aliphatic rings. The Morgan fingerprint density at radius 2 is 1.85 bits per heavy atom. The molecule has 7 heteroatoms. The highest BCUT2D eigenvalue weighted by Gasteiger charge is 2.12. The normalized spacial score (nSPS) is 11.3. The van der Waals surface area contributed by atoms with E-state index in [1.807, 2.05) is 13.0 Å². The Hall–Kier alpha value is -2.44. The number of pyridine rings is 1.